The monoisotopic (exact) mass is 383 g/mol. The Morgan fingerprint density at radius 1 is 1.04 bits per heavy atom. The van der Waals surface area contributed by atoms with Crippen LogP contribution >= 0.6 is 23.4 Å². The van der Waals surface area contributed by atoms with Gasteiger partial charge in [0.25, 0.3) is 0 Å². The average Bonchev–Trinajstić information content (AvgIpc) is 2.68. The van der Waals surface area contributed by atoms with Gasteiger partial charge in [0.1, 0.15) is 5.03 Å². The highest BCUT2D eigenvalue weighted by molar-refractivity contribution is 7.99. The molecule has 1 amide bonds. The Labute approximate surface area is 162 Å². The van der Waals surface area contributed by atoms with Crippen molar-refractivity contribution in [3.8, 4) is 11.3 Å². The SMILES string of the molecule is C[C@@H](NC(=O)CSc1ccc(-c2ccc(Cl)cc2)nn1)c1ccccc1. The van der Waals surface area contributed by atoms with Gasteiger partial charge in [0.15, 0.2) is 0 Å². The smallest absolute Gasteiger partial charge is 0.230 e. The number of rotatable bonds is 6. The first-order valence-electron chi connectivity index (χ1n) is 8.18. The number of carbonyl (C=O) groups excluding carboxylic acids is 1. The molecule has 0 saturated carbocycles. The molecule has 0 aliphatic carbocycles. The Morgan fingerprint density at radius 3 is 2.42 bits per heavy atom. The Kier molecular flexibility index (Phi) is 6.26. The molecule has 3 rings (SSSR count). The molecule has 3 aromatic rings. The summed E-state index contributed by atoms with van der Waals surface area (Å²) in [5, 5.41) is 12.8. The Bertz CT molecular complexity index is 854. The molecule has 0 spiro atoms. The summed E-state index contributed by atoms with van der Waals surface area (Å²) in [5.41, 5.74) is 2.80. The fourth-order valence-corrected chi connectivity index (χ4v) is 3.17. The molecule has 0 unspecified atom stereocenters. The van der Waals surface area contributed by atoms with E-state index in [-0.39, 0.29) is 11.9 Å². The molecule has 2 aromatic carbocycles. The van der Waals surface area contributed by atoms with Gasteiger partial charge in [-0.25, -0.2) is 0 Å². The van der Waals surface area contributed by atoms with Gasteiger partial charge >= 0.3 is 0 Å². The van der Waals surface area contributed by atoms with E-state index >= 15 is 0 Å². The standard InChI is InChI=1S/C20H18ClN3OS/c1-14(15-5-3-2-4-6-15)22-19(25)13-26-20-12-11-18(23-24-20)16-7-9-17(21)10-8-16/h2-12,14H,13H2,1H3,(H,22,25)/t14-/m1/s1. The third kappa shape index (κ3) is 5.07. The van der Waals surface area contributed by atoms with Crippen molar-refractivity contribution in [3.05, 3.63) is 77.3 Å². The molecular formula is C20H18ClN3OS. The van der Waals surface area contributed by atoms with Gasteiger partial charge in [-0.2, -0.15) is 0 Å². The Hall–Kier alpha value is -2.37. The first kappa shape index (κ1) is 18.4. The van der Waals surface area contributed by atoms with Crippen LogP contribution in [0.4, 0.5) is 0 Å². The molecule has 26 heavy (non-hydrogen) atoms. The molecule has 1 N–H and O–H groups in total. The lowest BCUT2D eigenvalue weighted by atomic mass is 10.1. The molecule has 1 atom stereocenters. The van der Waals surface area contributed by atoms with Crippen LogP contribution in [-0.4, -0.2) is 21.9 Å². The van der Waals surface area contributed by atoms with Crippen LogP contribution in [0.2, 0.25) is 5.02 Å². The van der Waals surface area contributed by atoms with Crippen molar-refractivity contribution >= 4 is 29.3 Å². The van der Waals surface area contributed by atoms with Crippen LogP contribution in [-0.2, 0) is 4.79 Å². The first-order chi connectivity index (χ1) is 12.6. The van der Waals surface area contributed by atoms with Gasteiger partial charge in [0.05, 0.1) is 17.5 Å². The lowest BCUT2D eigenvalue weighted by molar-refractivity contribution is -0.119. The molecule has 0 bridgehead atoms. The van der Waals surface area contributed by atoms with Gasteiger partial charge in [-0.15, -0.1) is 10.2 Å². The average molecular weight is 384 g/mol. The van der Waals surface area contributed by atoms with Crippen LogP contribution in [0.5, 0.6) is 0 Å². The maximum atomic E-state index is 12.1. The summed E-state index contributed by atoms with van der Waals surface area (Å²) >= 11 is 7.26. The Balaban J connectivity index is 1.53. The Morgan fingerprint density at radius 2 is 1.77 bits per heavy atom. The minimum Gasteiger partial charge on any atom is -0.349 e. The maximum Gasteiger partial charge on any atom is 0.230 e. The minimum absolute atomic E-state index is 0.0253. The maximum absolute atomic E-state index is 12.1. The van der Waals surface area contributed by atoms with Crippen LogP contribution in [0.3, 0.4) is 0 Å². The number of aromatic nitrogens is 2. The first-order valence-corrected chi connectivity index (χ1v) is 9.55. The number of hydrogen-bond acceptors (Lipinski definition) is 4. The van der Waals surface area contributed by atoms with E-state index < -0.39 is 0 Å². The van der Waals surface area contributed by atoms with E-state index in [0.29, 0.717) is 15.8 Å². The highest BCUT2D eigenvalue weighted by Gasteiger charge is 2.10. The second kappa shape index (κ2) is 8.83. The summed E-state index contributed by atoms with van der Waals surface area (Å²) < 4.78 is 0. The van der Waals surface area contributed by atoms with Crippen LogP contribution in [0, 0.1) is 0 Å². The largest absolute Gasteiger partial charge is 0.349 e. The fourth-order valence-electron chi connectivity index (χ4n) is 2.42. The van der Waals surface area contributed by atoms with Gasteiger partial charge in [0.2, 0.25) is 5.91 Å². The van der Waals surface area contributed by atoms with Gasteiger partial charge in [0, 0.05) is 10.6 Å². The van der Waals surface area contributed by atoms with E-state index in [0.717, 1.165) is 16.8 Å². The number of nitrogens with one attached hydrogen (secondary N) is 1. The van der Waals surface area contributed by atoms with Gasteiger partial charge in [-0.1, -0.05) is 65.8 Å². The van der Waals surface area contributed by atoms with E-state index in [1.165, 1.54) is 11.8 Å². The van der Waals surface area contributed by atoms with E-state index in [2.05, 4.69) is 15.5 Å². The van der Waals surface area contributed by atoms with E-state index in [4.69, 9.17) is 11.6 Å². The highest BCUT2D eigenvalue weighted by atomic mass is 35.5. The van der Waals surface area contributed by atoms with Crippen LogP contribution in [0.15, 0.2) is 71.8 Å². The number of amides is 1. The van der Waals surface area contributed by atoms with E-state index in [1.54, 1.807) is 0 Å². The van der Waals surface area contributed by atoms with Crippen molar-refractivity contribution in [1.29, 1.82) is 0 Å². The number of hydrogen-bond donors (Lipinski definition) is 1. The predicted molar refractivity (Wildman–Crippen MR) is 106 cm³/mol. The van der Waals surface area contributed by atoms with Crippen LogP contribution in [0.1, 0.15) is 18.5 Å². The van der Waals surface area contributed by atoms with Crippen molar-refractivity contribution in [1.82, 2.24) is 15.5 Å². The van der Waals surface area contributed by atoms with E-state index in [1.807, 2.05) is 73.7 Å². The third-order valence-corrected chi connectivity index (χ3v) is 4.98. The van der Waals surface area contributed by atoms with Gasteiger partial charge < -0.3 is 5.32 Å². The molecule has 0 aliphatic heterocycles. The molecule has 1 heterocycles. The van der Waals surface area contributed by atoms with E-state index in [9.17, 15) is 4.79 Å². The zero-order valence-electron chi connectivity index (χ0n) is 14.2. The number of nitrogens with zero attached hydrogens (tertiary/aromatic N) is 2. The molecule has 6 heteroatoms. The summed E-state index contributed by atoms with van der Waals surface area (Å²) in [6.07, 6.45) is 0. The van der Waals surface area contributed by atoms with Crippen molar-refractivity contribution in [2.24, 2.45) is 0 Å². The summed E-state index contributed by atoms with van der Waals surface area (Å²) in [7, 11) is 0. The fraction of sp³-hybridized carbons (Fsp3) is 0.150. The van der Waals surface area contributed by atoms with Gasteiger partial charge in [-0.3, -0.25) is 4.79 Å². The van der Waals surface area contributed by atoms with Gasteiger partial charge in [-0.05, 0) is 36.8 Å². The quantitative estimate of drug-likeness (QED) is 0.623. The number of halogens is 1. The normalized spacial score (nSPS) is 11.8. The number of thioether (sulfide) groups is 1. The zero-order valence-corrected chi connectivity index (χ0v) is 15.8. The lowest BCUT2D eigenvalue weighted by Crippen LogP contribution is -2.28. The summed E-state index contributed by atoms with van der Waals surface area (Å²) in [4.78, 5) is 12.1. The molecular weight excluding hydrogens is 366 g/mol. The third-order valence-electron chi connectivity index (χ3n) is 3.81. The topological polar surface area (TPSA) is 54.9 Å². The molecule has 1 aromatic heterocycles. The molecule has 132 valence electrons. The lowest BCUT2D eigenvalue weighted by Gasteiger charge is -2.13. The summed E-state index contributed by atoms with van der Waals surface area (Å²) in [5.74, 6) is 0.265. The molecule has 0 saturated heterocycles. The molecule has 0 radical (unpaired) electrons. The zero-order chi connectivity index (χ0) is 18.4. The number of benzene rings is 2. The minimum atomic E-state index is -0.0325. The van der Waals surface area contributed by atoms with Crippen LogP contribution < -0.4 is 5.32 Å². The molecule has 4 nitrogen and oxygen atoms in total. The highest BCUT2D eigenvalue weighted by Crippen LogP contribution is 2.21. The molecule has 0 fully saturated rings. The predicted octanol–water partition coefficient (Wildman–Crippen LogP) is 4.77. The second-order valence-electron chi connectivity index (χ2n) is 5.75. The van der Waals surface area contributed by atoms with Crippen LogP contribution in [0.25, 0.3) is 11.3 Å². The number of carbonyl (C=O) groups is 1. The van der Waals surface area contributed by atoms with Crippen molar-refractivity contribution in [2.75, 3.05) is 5.75 Å². The van der Waals surface area contributed by atoms with Crippen molar-refractivity contribution in [3.63, 3.8) is 0 Å². The second-order valence-corrected chi connectivity index (χ2v) is 7.18. The van der Waals surface area contributed by atoms with Crippen molar-refractivity contribution < 1.29 is 4.79 Å². The summed E-state index contributed by atoms with van der Waals surface area (Å²) in [6.45, 7) is 1.97. The van der Waals surface area contributed by atoms with Crippen molar-refractivity contribution in [2.45, 2.75) is 18.0 Å². The summed E-state index contributed by atoms with van der Waals surface area (Å²) in [6, 6.07) is 21.1. The molecule has 0 aliphatic rings.